The van der Waals surface area contributed by atoms with Crippen LogP contribution >= 0.6 is 0 Å². The van der Waals surface area contributed by atoms with Crippen LogP contribution in [0.3, 0.4) is 0 Å². The van der Waals surface area contributed by atoms with Crippen LogP contribution in [0.1, 0.15) is 17.1 Å². The van der Waals surface area contributed by atoms with Gasteiger partial charge < -0.3 is 9.52 Å². The highest BCUT2D eigenvalue weighted by atomic mass is 32.2. The molecule has 108 valence electrons. The summed E-state index contributed by atoms with van der Waals surface area (Å²) in [7, 11) is -3.97. The van der Waals surface area contributed by atoms with Crippen molar-refractivity contribution >= 4 is 15.8 Å². The minimum Gasteiger partial charge on any atom is -0.465 e. The number of hydrogen-bond acceptors (Lipinski definition) is 6. The average molecular weight is 299 g/mol. The Kier molecular flexibility index (Phi) is 3.64. The van der Waals surface area contributed by atoms with Crippen molar-refractivity contribution in [3.05, 3.63) is 39.6 Å². The lowest BCUT2D eigenvalue weighted by Gasteiger charge is -2.07. The molecule has 0 fully saturated rings. The van der Waals surface area contributed by atoms with Gasteiger partial charge in [0.2, 0.25) is 0 Å². The quantitative estimate of drug-likeness (QED) is 0.744. The summed E-state index contributed by atoms with van der Waals surface area (Å²) in [5.74, 6) is 0.468. The number of nitrogens with one attached hydrogen (secondary N) is 2. The second-order valence-electron chi connectivity index (χ2n) is 4.09. The zero-order valence-corrected chi connectivity index (χ0v) is 11.6. The number of aryl methyl sites for hydroxylation is 2. The van der Waals surface area contributed by atoms with Crippen molar-refractivity contribution in [1.29, 1.82) is 0 Å². The molecule has 2 heterocycles. The lowest BCUT2D eigenvalue weighted by molar-refractivity contribution is 0.276. The molecule has 0 aliphatic heterocycles. The molecule has 0 atom stereocenters. The molecule has 3 N–H and O–H groups in total. The molecule has 0 aromatic carbocycles. The van der Waals surface area contributed by atoms with Crippen LogP contribution in [0.5, 0.6) is 0 Å². The van der Waals surface area contributed by atoms with Crippen molar-refractivity contribution in [1.82, 2.24) is 10.2 Å². The van der Waals surface area contributed by atoms with Crippen molar-refractivity contribution in [3.63, 3.8) is 0 Å². The molecular formula is C11H13N3O5S. The van der Waals surface area contributed by atoms with Gasteiger partial charge in [-0.25, -0.2) is 13.5 Å². The largest absolute Gasteiger partial charge is 0.465 e. The van der Waals surface area contributed by atoms with Crippen molar-refractivity contribution in [2.45, 2.75) is 25.3 Å². The molecular weight excluding hydrogens is 286 g/mol. The zero-order chi connectivity index (χ0) is 14.9. The van der Waals surface area contributed by atoms with Crippen molar-refractivity contribution in [2.24, 2.45) is 0 Å². The molecule has 0 saturated carbocycles. The minimum absolute atomic E-state index is 0.0354. The third-order valence-corrected chi connectivity index (χ3v) is 4.22. The normalized spacial score (nSPS) is 11.6. The number of aromatic amines is 1. The first-order chi connectivity index (χ1) is 9.35. The van der Waals surface area contributed by atoms with Gasteiger partial charge in [-0.15, -0.1) is 0 Å². The van der Waals surface area contributed by atoms with E-state index in [1.807, 2.05) is 0 Å². The summed E-state index contributed by atoms with van der Waals surface area (Å²) in [5, 5.41) is 14.9. The Labute approximate surface area is 114 Å². The molecule has 8 nitrogen and oxygen atoms in total. The highest BCUT2D eigenvalue weighted by Gasteiger charge is 2.26. The van der Waals surface area contributed by atoms with Gasteiger partial charge in [-0.2, -0.15) is 5.10 Å². The monoisotopic (exact) mass is 299 g/mol. The topological polar surface area (TPSA) is 125 Å². The first kappa shape index (κ1) is 14.3. The SMILES string of the molecule is Cc1oc(C)c(S(=O)(=O)Nc2ccc(=O)[nH]n2)c1CO. The van der Waals surface area contributed by atoms with Gasteiger partial charge in [-0.05, 0) is 19.9 Å². The third-order valence-electron chi connectivity index (χ3n) is 2.67. The Bertz CT molecular complexity index is 770. The maximum Gasteiger partial charge on any atom is 0.266 e. The molecule has 9 heteroatoms. The van der Waals surface area contributed by atoms with Gasteiger partial charge in [0.25, 0.3) is 15.6 Å². The van der Waals surface area contributed by atoms with E-state index >= 15 is 0 Å². The molecule has 0 unspecified atom stereocenters. The number of aromatic nitrogens is 2. The Morgan fingerprint density at radius 3 is 2.60 bits per heavy atom. The smallest absolute Gasteiger partial charge is 0.266 e. The summed E-state index contributed by atoms with van der Waals surface area (Å²) in [4.78, 5) is 10.8. The molecule has 0 aliphatic rings. The van der Waals surface area contributed by atoms with E-state index in [0.717, 1.165) is 6.07 Å². The fraction of sp³-hybridized carbons (Fsp3) is 0.273. The number of furan rings is 1. The van der Waals surface area contributed by atoms with Crippen LogP contribution in [-0.2, 0) is 16.6 Å². The first-order valence-corrected chi connectivity index (χ1v) is 7.11. The molecule has 2 rings (SSSR count). The van der Waals surface area contributed by atoms with Gasteiger partial charge in [0.1, 0.15) is 16.4 Å². The van der Waals surface area contributed by atoms with E-state index in [2.05, 4.69) is 14.9 Å². The first-order valence-electron chi connectivity index (χ1n) is 5.63. The van der Waals surface area contributed by atoms with Crippen molar-refractivity contribution in [3.8, 4) is 0 Å². The fourth-order valence-corrected chi connectivity index (χ4v) is 3.28. The van der Waals surface area contributed by atoms with E-state index in [1.54, 1.807) is 6.92 Å². The lowest BCUT2D eigenvalue weighted by Crippen LogP contribution is -2.18. The van der Waals surface area contributed by atoms with Gasteiger partial charge in [-0.1, -0.05) is 0 Å². The van der Waals surface area contributed by atoms with E-state index in [-0.39, 0.29) is 22.0 Å². The second-order valence-corrected chi connectivity index (χ2v) is 5.71. The number of H-pyrrole nitrogens is 1. The van der Waals surface area contributed by atoms with Crippen LogP contribution in [0, 0.1) is 13.8 Å². The highest BCUT2D eigenvalue weighted by Crippen LogP contribution is 2.27. The van der Waals surface area contributed by atoms with E-state index < -0.39 is 22.2 Å². The van der Waals surface area contributed by atoms with Crippen LogP contribution in [-0.4, -0.2) is 23.7 Å². The Hall–Kier alpha value is -2.13. The summed E-state index contributed by atoms with van der Waals surface area (Å²) in [5.41, 5.74) is -0.251. The second kappa shape index (κ2) is 5.10. The summed E-state index contributed by atoms with van der Waals surface area (Å²) in [6, 6.07) is 2.38. The molecule has 20 heavy (non-hydrogen) atoms. The number of anilines is 1. The summed E-state index contributed by atoms with van der Waals surface area (Å²) < 4.78 is 32.0. The number of nitrogens with zero attached hydrogens (tertiary/aromatic N) is 1. The Balaban J connectivity index is 2.45. The van der Waals surface area contributed by atoms with Gasteiger partial charge in [0.05, 0.1) is 6.61 Å². The van der Waals surface area contributed by atoms with E-state index in [4.69, 9.17) is 4.42 Å². The van der Waals surface area contributed by atoms with Crippen LogP contribution < -0.4 is 10.3 Å². The Morgan fingerprint density at radius 1 is 1.35 bits per heavy atom. The van der Waals surface area contributed by atoms with Crippen LogP contribution in [0.15, 0.2) is 26.2 Å². The fourth-order valence-electron chi connectivity index (χ4n) is 1.83. The molecule has 0 aliphatic carbocycles. The van der Waals surface area contributed by atoms with Gasteiger partial charge in [0.15, 0.2) is 5.82 Å². The summed E-state index contributed by atoms with van der Waals surface area (Å²) in [6.45, 7) is 2.59. The number of sulfonamides is 1. The van der Waals surface area contributed by atoms with Crippen LogP contribution in [0.2, 0.25) is 0 Å². The molecule has 0 amide bonds. The maximum atomic E-state index is 12.3. The lowest BCUT2D eigenvalue weighted by atomic mass is 10.2. The number of hydrogen-bond donors (Lipinski definition) is 3. The predicted molar refractivity (Wildman–Crippen MR) is 69.8 cm³/mol. The number of aliphatic hydroxyl groups excluding tert-OH is 1. The molecule has 2 aromatic heterocycles. The van der Waals surface area contributed by atoms with E-state index in [9.17, 15) is 18.3 Å². The maximum absolute atomic E-state index is 12.3. The molecule has 2 aromatic rings. The summed E-state index contributed by atoms with van der Waals surface area (Å²) in [6.07, 6.45) is 0. The highest BCUT2D eigenvalue weighted by molar-refractivity contribution is 7.92. The number of rotatable bonds is 4. The number of aliphatic hydroxyl groups is 1. The van der Waals surface area contributed by atoms with Gasteiger partial charge in [0, 0.05) is 11.6 Å². The molecule has 0 saturated heterocycles. The van der Waals surface area contributed by atoms with E-state index in [0.29, 0.717) is 5.76 Å². The van der Waals surface area contributed by atoms with Gasteiger partial charge in [-0.3, -0.25) is 9.52 Å². The summed E-state index contributed by atoms with van der Waals surface area (Å²) >= 11 is 0. The standard InChI is InChI=1S/C11H13N3O5S/c1-6-8(5-15)11(7(2)19-6)20(17,18)14-9-3-4-10(16)13-12-9/h3-4,15H,5H2,1-2H3,(H,12,14)(H,13,16). The van der Waals surface area contributed by atoms with Crippen LogP contribution in [0.4, 0.5) is 5.82 Å². The predicted octanol–water partition coefficient (Wildman–Crippen LogP) is 0.273. The molecule has 0 radical (unpaired) electrons. The minimum atomic E-state index is -3.97. The Morgan fingerprint density at radius 2 is 2.05 bits per heavy atom. The molecule has 0 bridgehead atoms. The zero-order valence-electron chi connectivity index (χ0n) is 10.8. The molecule has 0 spiro atoms. The van der Waals surface area contributed by atoms with Crippen molar-refractivity contribution in [2.75, 3.05) is 4.72 Å². The van der Waals surface area contributed by atoms with Crippen LogP contribution in [0.25, 0.3) is 0 Å². The average Bonchev–Trinajstić information content (AvgIpc) is 2.66. The van der Waals surface area contributed by atoms with Gasteiger partial charge >= 0.3 is 0 Å². The van der Waals surface area contributed by atoms with E-state index in [1.165, 1.54) is 13.0 Å². The van der Waals surface area contributed by atoms with Crippen molar-refractivity contribution < 1.29 is 17.9 Å². The third kappa shape index (κ3) is 2.58.